The summed E-state index contributed by atoms with van der Waals surface area (Å²) >= 11 is 0. The van der Waals surface area contributed by atoms with Crippen LogP contribution in [0.25, 0.3) is 0 Å². The second-order valence-electron chi connectivity index (χ2n) is 6.71. The van der Waals surface area contributed by atoms with Crippen LogP contribution in [0.5, 0.6) is 0 Å². The lowest BCUT2D eigenvalue weighted by molar-refractivity contribution is -0.125. The minimum atomic E-state index is -3.57. The van der Waals surface area contributed by atoms with Crippen molar-refractivity contribution in [1.82, 2.24) is 10.0 Å². The summed E-state index contributed by atoms with van der Waals surface area (Å²) in [4.78, 5) is 24.2. The van der Waals surface area contributed by atoms with Crippen molar-refractivity contribution in [2.24, 2.45) is 0 Å². The lowest BCUT2D eigenvalue weighted by Crippen LogP contribution is -2.38. The summed E-state index contributed by atoms with van der Waals surface area (Å²) in [6, 6.07) is 5.57. The Bertz CT molecular complexity index is 723. The van der Waals surface area contributed by atoms with Crippen molar-refractivity contribution in [3.63, 3.8) is 0 Å². The molecule has 0 radical (unpaired) electrons. The Kier molecular flexibility index (Phi) is 8.24. The molecular weight excluding hydrogens is 368 g/mol. The van der Waals surface area contributed by atoms with E-state index in [0.29, 0.717) is 0 Å². The van der Waals surface area contributed by atoms with Crippen LogP contribution in [-0.4, -0.2) is 39.5 Å². The summed E-state index contributed by atoms with van der Waals surface area (Å²) < 4.78 is 31.2. The molecular formula is C19H28N2O5S. The normalized spacial score (nSPS) is 16.2. The molecule has 2 rings (SSSR count). The maximum absolute atomic E-state index is 12.1. The highest BCUT2D eigenvalue weighted by molar-refractivity contribution is 7.89. The van der Waals surface area contributed by atoms with Gasteiger partial charge in [-0.05, 0) is 37.1 Å². The van der Waals surface area contributed by atoms with Crippen molar-refractivity contribution >= 4 is 21.9 Å². The van der Waals surface area contributed by atoms with Gasteiger partial charge in [0, 0.05) is 12.6 Å². The van der Waals surface area contributed by atoms with Gasteiger partial charge < -0.3 is 10.1 Å². The van der Waals surface area contributed by atoms with Gasteiger partial charge in [-0.25, -0.2) is 17.9 Å². The zero-order valence-corrected chi connectivity index (χ0v) is 16.5. The Morgan fingerprint density at radius 1 is 1.04 bits per heavy atom. The molecule has 0 atom stereocenters. The van der Waals surface area contributed by atoms with E-state index in [1.165, 1.54) is 43.5 Å². The van der Waals surface area contributed by atoms with Crippen molar-refractivity contribution in [2.75, 3.05) is 13.2 Å². The molecule has 2 N–H and O–H groups in total. The molecule has 0 unspecified atom stereocenters. The lowest BCUT2D eigenvalue weighted by Gasteiger charge is -2.20. The van der Waals surface area contributed by atoms with Crippen molar-refractivity contribution in [1.29, 1.82) is 0 Å². The fourth-order valence-electron chi connectivity index (χ4n) is 3.13. The van der Waals surface area contributed by atoms with Crippen LogP contribution in [0.4, 0.5) is 0 Å². The van der Waals surface area contributed by atoms with E-state index in [4.69, 9.17) is 4.74 Å². The molecule has 0 saturated heterocycles. The highest BCUT2D eigenvalue weighted by atomic mass is 32.2. The van der Waals surface area contributed by atoms with Gasteiger partial charge in [0.15, 0.2) is 6.61 Å². The van der Waals surface area contributed by atoms with Crippen LogP contribution in [0, 0.1) is 0 Å². The van der Waals surface area contributed by atoms with Gasteiger partial charge in [-0.2, -0.15) is 0 Å². The number of nitrogens with one attached hydrogen (secondary N) is 2. The quantitative estimate of drug-likeness (QED) is 0.689. The van der Waals surface area contributed by atoms with Gasteiger partial charge in [-0.1, -0.05) is 39.0 Å². The molecule has 150 valence electrons. The Labute approximate surface area is 160 Å². The molecule has 8 heteroatoms. The van der Waals surface area contributed by atoms with E-state index in [0.717, 1.165) is 25.7 Å². The van der Waals surface area contributed by atoms with Crippen LogP contribution in [0.1, 0.15) is 62.2 Å². The molecule has 7 nitrogen and oxygen atoms in total. The van der Waals surface area contributed by atoms with E-state index in [1.54, 1.807) is 6.92 Å². The van der Waals surface area contributed by atoms with E-state index in [-0.39, 0.29) is 35.6 Å². The average molecular weight is 397 g/mol. The fourth-order valence-corrected chi connectivity index (χ4v) is 4.17. The molecule has 0 spiro atoms. The van der Waals surface area contributed by atoms with Crippen LogP contribution in [0.3, 0.4) is 0 Å². The first kappa shape index (κ1) is 21.4. The van der Waals surface area contributed by atoms with E-state index in [9.17, 15) is 18.0 Å². The van der Waals surface area contributed by atoms with Gasteiger partial charge in [0.05, 0.1) is 10.5 Å². The van der Waals surface area contributed by atoms with E-state index in [1.807, 2.05) is 0 Å². The van der Waals surface area contributed by atoms with E-state index in [2.05, 4.69) is 10.0 Å². The van der Waals surface area contributed by atoms with Crippen LogP contribution in [-0.2, 0) is 19.6 Å². The zero-order valence-electron chi connectivity index (χ0n) is 15.7. The number of ether oxygens (including phenoxy) is 1. The third kappa shape index (κ3) is 6.95. The van der Waals surface area contributed by atoms with Crippen LogP contribution < -0.4 is 10.0 Å². The number of hydrogen-bond acceptors (Lipinski definition) is 5. The predicted molar refractivity (Wildman–Crippen MR) is 102 cm³/mol. The summed E-state index contributed by atoms with van der Waals surface area (Å²) in [6.45, 7) is 1.62. The van der Waals surface area contributed by atoms with E-state index < -0.39 is 16.0 Å². The van der Waals surface area contributed by atoms with Crippen molar-refractivity contribution in [2.45, 2.75) is 62.8 Å². The van der Waals surface area contributed by atoms with Crippen LogP contribution >= 0.6 is 0 Å². The molecule has 1 aromatic rings. The van der Waals surface area contributed by atoms with Crippen LogP contribution in [0.15, 0.2) is 29.2 Å². The first-order valence-electron chi connectivity index (χ1n) is 9.48. The molecule has 1 aliphatic carbocycles. The second-order valence-corrected chi connectivity index (χ2v) is 8.48. The standard InChI is InChI=1S/C19H28N2O5S/c1-2-20-27(24,25)17-12-10-15(11-13-17)19(23)26-14-18(22)21-16-8-6-4-3-5-7-9-16/h10-13,16,20H,2-9,14H2,1H3,(H,21,22). The summed E-state index contributed by atoms with van der Waals surface area (Å²) in [5, 5.41) is 2.93. The number of carbonyl (C=O) groups is 2. The third-order valence-electron chi connectivity index (χ3n) is 4.54. The smallest absolute Gasteiger partial charge is 0.338 e. The Morgan fingerprint density at radius 2 is 1.63 bits per heavy atom. The Balaban J connectivity index is 1.83. The highest BCUT2D eigenvalue weighted by Gasteiger charge is 2.17. The average Bonchev–Trinajstić information content (AvgIpc) is 2.62. The first-order valence-corrected chi connectivity index (χ1v) is 11.0. The molecule has 0 heterocycles. The van der Waals surface area contributed by atoms with Gasteiger partial charge in [0.1, 0.15) is 0 Å². The Morgan fingerprint density at radius 3 is 2.22 bits per heavy atom. The minimum absolute atomic E-state index is 0.0722. The third-order valence-corrected chi connectivity index (χ3v) is 6.10. The lowest BCUT2D eigenvalue weighted by atomic mass is 9.97. The van der Waals surface area contributed by atoms with Gasteiger partial charge >= 0.3 is 5.97 Å². The monoisotopic (exact) mass is 396 g/mol. The number of sulfonamides is 1. The van der Waals surface area contributed by atoms with Crippen molar-refractivity contribution in [3.05, 3.63) is 29.8 Å². The number of esters is 1. The predicted octanol–water partition coefficient (Wildman–Crippen LogP) is 2.37. The molecule has 1 amide bonds. The minimum Gasteiger partial charge on any atom is -0.452 e. The summed E-state index contributed by atoms with van der Waals surface area (Å²) in [5.74, 6) is -0.963. The Hall–Kier alpha value is -1.93. The van der Waals surface area contributed by atoms with Crippen molar-refractivity contribution in [3.8, 4) is 0 Å². The number of carbonyl (C=O) groups excluding carboxylic acids is 2. The molecule has 1 aromatic carbocycles. The van der Waals surface area contributed by atoms with Gasteiger partial charge in [-0.3, -0.25) is 4.79 Å². The number of rotatable bonds is 7. The fraction of sp³-hybridized carbons (Fsp3) is 0.579. The molecule has 0 aromatic heterocycles. The molecule has 0 bridgehead atoms. The topological polar surface area (TPSA) is 102 Å². The maximum atomic E-state index is 12.1. The molecule has 1 aliphatic rings. The zero-order chi connectivity index (χ0) is 19.7. The SMILES string of the molecule is CCNS(=O)(=O)c1ccc(C(=O)OCC(=O)NC2CCCCCCC2)cc1. The van der Waals surface area contributed by atoms with E-state index >= 15 is 0 Å². The van der Waals surface area contributed by atoms with Gasteiger partial charge in [-0.15, -0.1) is 0 Å². The second kappa shape index (κ2) is 10.4. The molecule has 1 fully saturated rings. The maximum Gasteiger partial charge on any atom is 0.338 e. The summed E-state index contributed by atoms with van der Waals surface area (Å²) in [7, 11) is -3.57. The number of hydrogen-bond donors (Lipinski definition) is 2. The first-order chi connectivity index (χ1) is 12.9. The van der Waals surface area contributed by atoms with Crippen molar-refractivity contribution < 1.29 is 22.7 Å². The molecule has 27 heavy (non-hydrogen) atoms. The molecule has 1 saturated carbocycles. The van der Waals surface area contributed by atoms with Crippen LogP contribution in [0.2, 0.25) is 0 Å². The largest absolute Gasteiger partial charge is 0.452 e. The number of benzene rings is 1. The summed E-state index contributed by atoms with van der Waals surface area (Å²) in [6.07, 6.45) is 7.77. The van der Waals surface area contributed by atoms with Gasteiger partial charge in [0.2, 0.25) is 10.0 Å². The molecule has 0 aliphatic heterocycles. The summed E-state index contributed by atoms with van der Waals surface area (Å²) in [5.41, 5.74) is 0.198. The number of amides is 1. The highest BCUT2D eigenvalue weighted by Crippen LogP contribution is 2.17. The van der Waals surface area contributed by atoms with Gasteiger partial charge in [0.25, 0.3) is 5.91 Å².